The molecule has 2 aromatic carbocycles. The lowest BCUT2D eigenvalue weighted by Crippen LogP contribution is -2.37. The van der Waals surface area contributed by atoms with E-state index in [0.717, 1.165) is 15.1 Å². The molecule has 2 atom stereocenters. The van der Waals surface area contributed by atoms with Crippen LogP contribution < -0.4 is 4.74 Å². The summed E-state index contributed by atoms with van der Waals surface area (Å²) in [6, 6.07) is 12.5. The molecule has 2 unspecified atom stereocenters. The highest BCUT2D eigenvalue weighted by Gasteiger charge is 2.27. The van der Waals surface area contributed by atoms with E-state index in [0.29, 0.717) is 11.3 Å². The number of halogens is 2. The van der Waals surface area contributed by atoms with Crippen molar-refractivity contribution >= 4 is 27.7 Å². The predicted molar refractivity (Wildman–Crippen MR) is 85.4 cm³/mol. The molecular formula is C16H14BrFO2S. The first-order valence-corrected chi connectivity index (χ1v) is 8.42. The summed E-state index contributed by atoms with van der Waals surface area (Å²) < 4.78 is 20.4. The lowest BCUT2D eigenvalue weighted by molar-refractivity contribution is 0.0463. The van der Waals surface area contributed by atoms with E-state index in [4.69, 9.17) is 4.74 Å². The fourth-order valence-corrected chi connectivity index (χ4v) is 3.76. The highest BCUT2D eigenvalue weighted by Crippen LogP contribution is 2.36. The number of hydrogen-bond donors (Lipinski definition) is 1. The van der Waals surface area contributed by atoms with Crippen LogP contribution in [0.3, 0.4) is 0 Å². The Morgan fingerprint density at radius 3 is 3.00 bits per heavy atom. The molecule has 0 radical (unpaired) electrons. The fourth-order valence-electron chi connectivity index (χ4n) is 2.28. The molecule has 21 heavy (non-hydrogen) atoms. The number of benzene rings is 2. The van der Waals surface area contributed by atoms with E-state index in [1.165, 1.54) is 6.07 Å². The summed E-state index contributed by atoms with van der Waals surface area (Å²) in [5.41, 5.74) is 0.490. The van der Waals surface area contributed by atoms with Gasteiger partial charge in [0.05, 0.1) is 6.10 Å². The van der Waals surface area contributed by atoms with Crippen LogP contribution in [0.4, 0.5) is 4.39 Å². The van der Waals surface area contributed by atoms with Crippen LogP contribution in [-0.2, 0) is 6.42 Å². The lowest BCUT2D eigenvalue weighted by atomic mass is 10.0. The second-order valence-corrected chi connectivity index (χ2v) is 6.90. The number of ether oxygens (including phenoxy) is 1. The van der Waals surface area contributed by atoms with Gasteiger partial charge in [-0.1, -0.05) is 28.1 Å². The number of hydrogen-bond acceptors (Lipinski definition) is 3. The Morgan fingerprint density at radius 2 is 2.14 bits per heavy atom. The zero-order valence-corrected chi connectivity index (χ0v) is 13.5. The molecule has 2 nitrogen and oxygen atoms in total. The molecule has 0 aliphatic carbocycles. The second kappa shape index (κ2) is 6.38. The fraction of sp³-hybridized carbons (Fsp3) is 0.250. The summed E-state index contributed by atoms with van der Waals surface area (Å²) in [7, 11) is 0. The Bertz CT molecular complexity index is 650. The first-order chi connectivity index (χ1) is 10.1. The molecule has 2 aromatic rings. The first-order valence-electron chi connectivity index (χ1n) is 6.64. The van der Waals surface area contributed by atoms with Gasteiger partial charge in [0.25, 0.3) is 0 Å². The molecule has 1 aliphatic rings. The molecule has 1 aliphatic heterocycles. The third kappa shape index (κ3) is 3.42. The van der Waals surface area contributed by atoms with Crippen molar-refractivity contribution in [3.05, 3.63) is 58.3 Å². The number of rotatable bonds is 3. The van der Waals surface area contributed by atoms with Gasteiger partial charge < -0.3 is 9.84 Å². The normalized spacial score (nSPS) is 18.7. The zero-order chi connectivity index (χ0) is 14.8. The highest BCUT2D eigenvalue weighted by molar-refractivity contribution is 9.10. The molecular weight excluding hydrogens is 355 g/mol. The minimum absolute atomic E-state index is 0.235. The molecule has 0 saturated carbocycles. The summed E-state index contributed by atoms with van der Waals surface area (Å²) in [5.74, 6) is 1.14. The molecule has 0 saturated heterocycles. The van der Waals surface area contributed by atoms with E-state index in [-0.39, 0.29) is 18.3 Å². The van der Waals surface area contributed by atoms with Crippen molar-refractivity contribution in [1.82, 2.24) is 0 Å². The highest BCUT2D eigenvalue weighted by atomic mass is 79.9. The van der Waals surface area contributed by atoms with Crippen molar-refractivity contribution in [3.63, 3.8) is 0 Å². The van der Waals surface area contributed by atoms with Crippen molar-refractivity contribution in [2.45, 2.75) is 23.5 Å². The van der Waals surface area contributed by atoms with E-state index in [9.17, 15) is 9.50 Å². The van der Waals surface area contributed by atoms with Gasteiger partial charge in [-0.3, -0.25) is 0 Å². The average Bonchev–Trinajstić information content (AvgIpc) is 2.50. The Kier molecular flexibility index (Phi) is 4.52. The SMILES string of the molecule is OC(Cc1cc(Br)ccc1F)C1CSc2ccccc2O1. The minimum atomic E-state index is -0.741. The summed E-state index contributed by atoms with van der Waals surface area (Å²) in [6.45, 7) is 0. The van der Waals surface area contributed by atoms with E-state index < -0.39 is 6.10 Å². The smallest absolute Gasteiger partial charge is 0.134 e. The Labute approximate surface area is 135 Å². The lowest BCUT2D eigenvalue weighted by Gasteiger charge is -2.29. The first kappa shape index (κ1) is 14.9. The maximum Gasteiger partial charge on any atom is 0.134 e. The van der Waals surface area contributed by atoms with Crippen LogP contribution in [0.5, 0.6) is 5.75 Å². The number of para-hydroxylation sites is 1. The summed E-state index contributed by atoms with van der Waals surface area (Å²) in [6.07, 6.45) is -0.837. The van der Waals surface area contributed by atoms with Crippen LogP contribution >= 0.6 is 27.7 Å². The van der Waals surface area contributed by atoms with Crippen molar-refractivity contribution in [2.75, 3.05) is 5.75 Å². The predicted octanol–water partition coefficient (Wildman–Crippen LogP) is 4.04. The van der Waals surface area contributed by atoms with Crippen LogP contribution in [0.1, 0.15) is 5.56 Å². The van der Waals surface area contributed by atoms with Crippen molar-refractivity contribution in [2.24, 2.45) is 0 Å². The minimum Gasteiger partial charge on any atom is -0.486 e. The molecule has 3 rings (SSSR count). The van der Waals surface area contributed by atoms with Gasteiger partial charge in [-0.25, -0.2) is 4.39 Å². The molecule has 0 bridgehead atoms. The molecule has 0 fully saturated rings. The standard InChI is InChI=1S/C16H14BrFO2S/c17-11-5-6-12(18)10(7-11)8-13(19)15-9-21-16-4-2-1-3-14(16)20-15/h1-7,13,15,19H,8-9H2. The van der Waals surface area contributed by atoms with Crippen LogP contribution in [0, 0.1) is 5.82 Å². The summed E-state index contributed by atoms with van der Waals surface area (Å²) in [4.78, 5) is 1.08. The second-order valence-electron chi connectivity index (χ2n) is 4.92. The van der Waals surface area contributed by atoms with Gasteiger partial charge in [0, 0.05) is 21.5 Å². The summed E-state index contributed by atoms with van der Waals surface area (Å²) in [5, 5.41) is 10.3. The van der Waals surface area contributed by atoms with Crippen LogP contribution in [0.2, 0.25) is 0 Å². The maximum atomic E-state index is 13.8. The van der Waals surface area contributed by atoms with E-state index >= 15 is 0 Å². The Morgan fingerprint density at radius 1 is 1.33 bits per heavy atom. The van der Waals surface area contributed by atoms with Gasteiger partial charge >= 0.3 is 0 Å². The van der Waals surface area contributed by atoms with Gasteiger partial charge in [-0.05, 0) is 35.9 Å². The third-order valence-electron chi connectivity index (χ3n) is 3.40. The third-order valence-corrected chi connectivity index (χ3v) is 5.03. The quantitative estimate of drug-likeness (QED) is 0.886. The summed E-state index contributed by atoms with van der Waals surface area (Å²) >= 11 is 4.98. The van der Waals surface area contributed by atoms with E-state index in [2.05, 4.69) is 15.9 Å². The van der Waals surface area contributed by atoms with Gasteiger partial charge in [0.1, 0.15) is 17.7 Å². The molecule has 5 heteroatoms. The topological polar surface area (TPSA) is 29.5 Å². The average molecular weight is 369 g/mol. The van der Waals surface area contributed by atoms with Crippen LogP contribution in [-0.4, -0.2) is 23.1 Å². The van der Waals surface area contributed by atoms with Crippen LogP contribution in [0.15, 0.2) is 51.8 Å². The number of thioether (sulfide) groups is 1. The maximum absolute atomic E-state index is 13.8. The molecule has 110 valence electrons. The van der Waals surface area contributed by atoms with Crippen molar-refractivity contribution in [3.8, 4) is 5.75 Å². The molecule has 0 spiro atoms. The molecule has 0 amide bonds. The molecule has 1 N–H and O–H groups in total. The van der Waals surface area contributed by atoms with Crippen molar-refractivity contribution < 1.29 is 14.2 Å². The monoisotopic (exact) mass is 368 g/mol. The van der Waals surface area contributed by atoms with Crippen LogP contribution in [0.25, 0.3) is 0 Å². The Balaban J connectivity index is 1.72. The molecule has 1 heterocycles. The largest absolute Gasteiger partial charge is 0.486 e. The van der Waals surface area contributed by atoms with Crippen molar-refractivity contribution in [1.29, 1.82) is 0 Å². The van der Waals surface area contributed by atoms with Gasteiger partial charge in [0.15, 0.2) is 0 Å². The Hall–Kier alpha value is -1.04. The van der Waals surface area contributed by atoms with E-state index in [1.54, 1.807) is 23.9 Å². The number of aliphatic hydroxyl groups is 1. The number of fused-ring (bicyclic) bond motifs is 1. The number of aliphatic hydroxyl groups excluding tert-OH is 1. The van der Waals surface area contributed by atoms with Gasteiger partial charge in [0.2, 0.25) is 0 Å². The van der Waals surface area contributed by atoms with Gasteiger partial charge in [-0.15, -0.1) is 11.8 Å². The molecule has 0 aromatic heterocycles. The van der Waals surface area contributed by atoms with E-state index in [1.807, 2.05) is 24.3 Å². The van der Waals surface area contributed by atoms with Gasteiger partial charge in [-0.2, -0.15) is 0 Å². The zero-order valence-electron chi connectivity index (χ0n) is 11.1.